The molecule has 1 atom stereocenters. The smallest absolute Gasteiger partial charge is 0.255 e. The number of hydrogen-bond donors (Lipinski definition) is 1. The van der Waals surface area contributed by atoms with E-state index < -0.39 is 0 Å². The van der Waals surface area contributed by atoms with Gasteiger partial charge in [-0.1, -0.05) is 18.2 Å². The number of hydrogen-bond acceptors (Lipinski definition) is 3. The topological polar surface area (TPSA) is 45.5 Å². The number of fused-ring (bicyclic) bond motifs is 3. The molecule has 0 aliphatic heterocycles. The van der Waals surface area contributed by atoms with Gasteiger partial charge in [-0.15, -0.1) is 0 Å². The first-order valence-electron chi connectivity index (χ1n) is 8.69. The minimum Gasteiger partial charge on any atom is -0.461 e. The summed E-state index contributed by atoms with van der Waals surface area (Å²) in [7, 11) is 4.26. The van der Waals surface area contributed by atoms with Crippen LogP contribution in [0, 0.1) is 0 Å². The number of aryl methyl sites for hydroxylation is 1. The van der Waals surface area contributed by atoms with Crippen molar-refractivity contribution in [1.82, 2.24) is 4.90 Å². The van der Waals surface area contributed by atoms with Crippen molar-refractivity contribution in [2.75, 3.05) is 19.4 Å². The molecule has 4 nitrogen and oxygen atoms in total. The molecule has 4 rings (SSSR count). The molecule has 1 heterocycles. The van der Waals surface area contributed by atoms with Crippen LogP contribution in [0.1, 0.15) is 28.1 Å². The molecule has 2 aromatic carbocycles. The minimum atomic E-state index is -0.0940. The van der Waals surface area contributed by atoms with Gasteiger partial charge in [0.1, 0.15) is 11.3 Å². The van der Waals surface area contributed by atoms with E-state index in [0.717, 1.165) is 41.7 Å². The fraction of sp³-hybridized carbons (Fsp3) is 0.286. The van der Waals surface area contributed by atoms with E-state index in [0.29, 0.717) is 11.6 Å². The number of likely N-dealkylation sites (N-methyl/N-ethyl adjacent to an activating group) is 1. The lowest BCUT2D eigenvalue weighted by atomic mass is 9.91. The van der Waals surface area contributed by atoms with Gasteiger partial charge in [0.15, 0.2) is 0 Å². The molecule has 25 heavy (non-hydrogen) atoms. The van der Waals surface area contributed by atoms with E-state index in [9.17, 15) is 4.79 Å². The Morgan fingerprint density at radius 3 is 2.72 bits per heavy atom. The Morgan fingerprint density at radius 1 is 1.16 bits per heavy atom. The molecule has 1 aliphatic carbocycles. The van der Waals surface area contributed by atoms with Gasteiger partial charge < -0.3 is 14.6 Å². The highest BCUT2D eigenvalue weighted by atomic mass is 16.3. The number of nitrogens with one attached hydrogen (secondary N) is 1. The second-order valence-corrected chi connectivity index (χ2v) is 6.90. The highest BCUT2D eigenvalue weighted by molar-refractivity contribution is 6.05. The summed E-state index contributed by atoms with van der Waals surface area (Å²) >= 11 is 0. The van der Waals surface area contributed by atoms with E-state index in [1.807, 2.05) is 48.5 Å². The highest BCUT2D eigenvalue weighted by Gasteiger charge is 2.25. The number of anilines is 1. The van der Waals surface area contributed by atoms with Crippen molar-refractivity contribution >= 4 is 22.6 Å². The molecule has 0 saturated carbocycles. The summed E-state index contributed by atoms with van der Waals surface area (Å²) in [5.41, 5.74) is 3.65. The predicted octanol–water partition coefficient (Wildman–Crippen LogP) is 4.10. The SMILES string of the molecule is CN(C)C1CCc2oc3ccc(NC(=O)c4ccccc4)cc3c2C1. The van der Waals surface area contributed by atoms with E-state index >= 15 is 0 Å². The quantitative estimate of drug-likeness (QED) is 0.784. The molecule has 128 valence electrons. The van der Waals surface area contributed by atoms with Crippen molar-refractivity contribution in [2.24, 2.45) is 0 Å². The molecule has 0 radical (unpaired) electrons. The summed E-state index contributed by atoms with van der Waals surface area (Å²) in [4.78, 5) is 14.7. The Kier molecular flexibility index (Phi) is 4.06. The second kappa shape index (κ2) is 6.37. The molecule has 1 unspecified atom stereocenters. The number of furan rings is 1. The lowest BCUT2D eigenvalue weighted by Crippen LogP contribution is -2.33. The summed E-state index contributed by atoms with van der Waals surface area (Å²) in [5, 5.41) is 4.11. The standard InChI is InChI=1S/C21H22N2O2/c1-23(2)16-9-11-20-18(13-16)17-12-15(8-10-19(17)25-20)22-21(24)14-6-4-3-5-7-14/h3-8,10,12,16H,9,11,13H2,1-2H3,(H,22,24). The van der Waals surface area contributed by atoms with Gasteiger partial charge in [0.25, 0.3) is 5.91 Å². The molecule has 0 spiro atoms. The third kappa shape index (κ3) is 3.05. The summed E-state index contributed by atoms with van der Waals surface area (Å²) in [6, 6.07) is 15.7. The molecule has 1 N–H and O–H groups in total. The van der Waals surface area contributed by atoms with Crippen molar-refractivity contribution in [3.63, 3.8) is 0 Å². The monoisotopic (exact) mass is 334 g/mol. The summed E-state index contributed by atoms with van der Waals surface area (Å²) in [6.07, 6.45) is 3.08. The van der Waals surface area contributed by atoms with Crippen LogP contribution in [0.2, 0.25) is 0 Å². The molecule has 0 bridgehead atoms. The van der Waals surface area contributed by atoms with Crippen molar-refractivity contribution in [3.8, 4) is 0 Å². The predicted molar refractivity (Wildman–Crippen MR) is 100 cm³/mol. The average Bonchev–Trinajstić information content (AvgIpc) is 2.99. The minimum absolute atomic E-state index is 0.0940. The number of amides is 1. The second-order valence-electron chi connectivity index (χ2n) is 6.90. The molecule has 0 fully saturated rings. The first kappa shape index (κ1) is 15.9. The van der Waals surface area contributed by atoms with E-state index in [2.05, 4.69) is 24.3 Å². The Hall–Kier alpha value is -2.59. The maximum atomic E-state index is 12.4. The number of carbonyl (C=O) groups excluding carboxylic acids is 1. The van der Waals surface area contributed by atoms with Gasteiger partial charge in [-0.3, -0.25) is 4.79 Å². The number of carbonyl (C=O) groups is 1. The zero-order chi connectivity index (χ0) is 17.4. The van der Waals surface area contributed by atoms with Crippen molar-refractivity contribution in [3.05, 3.63) is 65.4 Å². The van der Waals surface area contributed by atoms with Crippen molar-refractivity contribution in [1.29, 1.82) is 0 Å². The fourth-order valence-corrected chi connectivity index (χ4v) is 3.57. The van der Waals surface area contributed by atoms with Gasteiger partial charge in [-0.25, -0.2) is 0 Å². The van der Waals surface area contributed by atoms with Crippen molar-refractivity contribution in [2.45, 2.75) is 25.3 Å². The summed E-state index contributed by atoms with van der Waals surface area (Å²) in [5.74, 6) is 1.00. The van der Waals surface area contributed by atoms with Crippen LogP contribution in [0.3, 0.4) is 0 Å². The van der Waals surface area contributed by atoms with Crippen LogP contribution in [0.4, 0.5) is 5.69 Å². The molecule has 1 aliphatic rings. The molecule has 1 amide bonds. The Balaban J connectivity index is 1.64. The zero-order valence-electron chi connectivity index (χ0n) is 14.6. The number of benzene rings is 2. The molecule has 3 aromatic rings. The maximum absolute atomic E-state index is 12.4. The van der Waals surface area contributed by atoms with Gasteiger partial charge in [0, 0.05) is 34.7 Å². The van der Waals surface area contributed by atoms with Crippen LogP contribution in [-0.4, -0.2) is 30.9 Å². The number of rotatable bonds is 3. The first-order chi connectivity index (χ1) is 12.1. The van der Waals surface area contributed by atoms with Crippen LogP contribution >= 0.6 is 0 Å². The van der Waals surface area contributed by atoms with E-state index in [1.165, 1.54) is 5.56 Å². The van der Waals surface area contributed by atoms with Gasteiger partial charge in [-0.2, -0.15) is 0 Å². The Bertz CT molecular complexity index is 912. The van der Waals surface area contributed by atoms with Crippen LogP contribution in [0.15, 0.2) is 52.9 Å². The highest BCUT2D eigenvalue weighted by Crippen LogP contribution is 2.34. The van der Waals surface area contributed by atoms with Crippen LogP contribution in [-0.2, 0) is 12.8 Å². The van der Waals surface area contributed by atoms with Crippen LogP contribution < -0.4 is 5.32 Å². The number of nitrogens with zero attached hydrogens (tertiary/aromatic N) is 1. The normalized spacial score (nSPS) is 16.8. The lowest BCUT2D eigenvalue weighted by molar-refractivity contribution is 0.102. The molecular formula is C21H22N2O2. The fourth-order valence-electron chi connectivity index (χ4n) is 3.57. The molecule has 4 heteroatoms. The maximum Gasteiger partial charge on any atom is 0.255 e. The van der Waals surface area contributed by atoms with Crippen LogP contribution in [0.5, 0.6) is 0 Å². The van der Waals surface area contributed by atoms with Crippen molar-refractivity contribution < 1.29 is 9.21 Å². The summed E-state index contributed by atoms with van der Waals surface area (Å²) < 4.78 is 6.03. The van der Waals surface area contributed by atoms with Gasteiger partial charge in [-0.05, 0) is 57.3 Å². The van der Waals surface area contributed by atoms with Gasteiger partial charge in [0.05, 0.1) is 0 Å². The van der Waals surface area contributed by atoms with Crippen LogP contribution in [0.25, 0.3) is 11.0 Å². The molecule has 0 saturated heterocycles. The summed E-state index contributed by atoms with van der Waals surface area (Å²) in [6.45, 7) is 0. The largest absolute Gasteiger partial charge is 0.461 e. The Morgan fingerprint density at radius 2 is 1.96 bits per heavy atom. The molecular weight excluding hydrogens is 312 g/mol. The Labute approximate surface area is 147 Å². The zero-order valence-corrected chi connectivity index (χ0v) is 14.6. The van der Waals surface area contributed by atoms with E-state index in [1.54, 1.807) is 0 Å². The van der Waals surface area contributed by atoms with E-state index in [-0.39, 0.29) is 5.91 Å². The van der Waals surface area contributed by atoms with E-state index in [4.69, 9.17) is 4.42 Å². The van der Waals surface area contributed by atoms with Gasteiger partial charge >= 0.3 is 0 Å². The third-order valence-corrected chi connectivity index (χ3v) is 5.04. The lowest BCUT2D eigenvalue weighted by Gasteiger charge is -2.27. The average molecular weight is 334 g/mol. The third-order valence-electron chi connectivity index (χ3n) is 5.04. The molecule has 1 aromatic heterocycles. The van der Waals surface area contributed by atoms with Gasteiger partial charge in [0.2, 0.25) is 0 Å². The first-order valence-corrected chi connectivity index (χ1v) is 8.69.